The topological polar surface area (TPSA) is 101 Å². The molecule has 1 fully saturated rings. The number of thiazole rings is 1. The third kappa shape index (κ3) is 2.43. The van der Waals surface area contributed by atoms with Crippen molar-refractivity contribution >= 4 is 39.8 Å². The van der Waals surface area contributed by atoms with Gasteiger partial charge in [0.2, 0.25) is 11.6 Å². The smallest absolute Gasteiger partial charge is 0.354 e. The molecule has 30 heavy (non-hydrogen) atoms. The molecule has 2 amide bonds. The Morgan fingerprint density at radius 1 is 1.27 bits per heavy atom. The van der Waals surface area contributed by atoms with E-state index in [0.717, 1.165) is 0 Å². The van der Waals surface area contributed by atoms with Gasteiger partial charge in [0.15, 0.2) is 4.96 Å². The molecule has 0 radical (unpaired) electrons. The largest absolute Gasteiger partial charge is 0.456 e. The SMILES string of the molecule is CN1C(=O)c2ccccc2N2C(=O)CC[C@]12C(=O)OCc1cc(=O)n2ccsc2n1. The molecule has 0 unspecified atom stereocenters. The van der Waals surface area contributed by atoms with E-state index >= 15 is 0 Å². The summed E-state index contributed by atoms with van der Waals surface area (Å²) in [4.78, 5) is 58.5. The molecule has 2 aliphatic heterocycles. The lowest BCUT2D eigenvalue weighted by molar-refractivity contribution is -0.158. The highest BCUT2D eigenvalue weighted by atomic mass is 32.1. The minimum absolute atomic E-state index is 0.113. The molecule has 10 heteroatoms. The summed E-state index contributed by atoms with van der Waals surface area (Å²) >= 11 is 1.29. The van der Waals surface area contributed by atoms with Gasteiger partial charge in [0, 0.05) is 37.5 Å². The maximum atomic E-state index is 13.3. The van der Waals surface area contributed by atoms with E-state index in [1.807, 2.05) is 0 Å². The zero-order valence-electron chi connectivity index (χ0n) is 15.9. The van der Waals surface area contributed by atoms with Gasteiger partial charge in [-0.1, -0.05) is 12.1 Å². The molecule has 0 saturated carbocycles. The fraction of sp³-hybridized carbons (Fsp3) is 0.250. The van der Waals surface area contributed by atoms with Gasteiger partial charge in [0.05, 0.1) is 16.9 Å². The predicted molar refractivity (Wildman–Crippen MR) is 107 cm³/mol. The molecule has 0 aliphatic carbocycles. The Hall–Kier alpha value is -3.53. The van der Waals surface area contributed by atoms with Crippen LogP contribution in [0.4, 0.5) is 5.69 Å². The quantitative estimate of drug-likeness (QED) is 0.589. The molecule has 1 atom stereocenters. The summed E-state index contributed by atoms with van der Waals surface area (Å²) in [5.74, 6) is -1.34. The molecule has 0 N–H and O–H groups in total. The lowest BCUT2D eigenvalue weighted by Crippen LogP contribution is -2.67. The summed E-state index contributed by atoms with van der Waals surface area (Å²) in [5.41, 5.74) is -0.770. The molecular formula is C20H16N4O5S. The van der Waals surface area contributed by atoms with Crippen molar-refractivity contribution in [3.63, 3.8) is 0 Å². The van der Waals surface area contributed by atoms with E-state index in [-0.39, 0.29) is 36.8 Å². The third-order valence-electron chi connectivity index (χ3n) is 5.58. The number of para-hydroxylation sites is 1. The first-order valence-corrected chi connectivity index (χ1v) is 10.1. The average molecular weight is 424 g/mol. The van der Waals surface area contributed by atoms with Crippen LogP contribution in [0.3, 0.4) is 0 Å². The van der Waals surface area contributed by atoms with Crippen molar-refractivity contribution in [2.75, 3.05) is 11.9 Å². The second-order valence-electron chi connectivity index (χ2n) is 7.14. The number of rotatable bonds is 3. The van der Waals surface area contributed by atoms with Crippen LogP contribution in [0.2, 0.25) is 0 Å². The van der Waals surface area contributed by atoms with E-state index < -0.39 is 11.6 Å². The highest BCUT2D eigenvalue weighted by Crippen LogP contribution is 2.44. The number of aromatic nitrogens is 2. The van der Waals surface area contributed by atoms with Gasteiger partial charge in [0.25, 0.3) is 11.5 Å². The number of likely N-dealkylation sites (N-methyl/N-ethyl adjacent to an activating group) is 1. The zero-order chi connectivity index (χ0) is 21.0. The number of benzene rings is 1. The van der Waals surface area contributed by atoms with Crippen molar-refractivity contribution in [2.24, 2.45) is 0 Å². The number of esters is 1. The predicted octanol–water partition coefficient (Wildman–Crippen LogP) is 1.41. The van der Waals surface area contributed by atoms with Gasteiger partial charge in [-0.25, -0.2) is 9.78 Å². The lowest BCUT2D eigenvalue weighted by Gasteiger charge is -2.46. The summed E-state index contributed by atoms with van der Waals surface area (Å²) in [6.45, 7) is -0.240. The molecule has 2 aliphatic rings. The van der Waals surface area contributed by atoms with Crippen LogP contribution in [0.1, 0.15) is 28.9 Å². The van der Waals surface area contributed by atoms with Gasteiger partial charge in [0.1, 0.15) is 6.61 Å². The van der Waals surface area contributed by atoms with E-state index in [1.54, 1.807) is 35.8 Å². The second kappa shape index (κ2) is 6.49. The number of ether oxygens (including phenoxy) is 1. The fourth-order valence-corrected chi connectivity index (χ4v) is 4.85. The Morgan fingerprint density at radius 3 is 2.90 bits per heavy atom. The Kier molecular flexibility index (Phi) is 4.00. The van der Waals surface area contributed by atoms with E-state index in [2.05, 4.69) is 4.98 Å². The molecule has 5 rings (SSSR count). The van der Waals surface area contributed by atoms with E-state index in [0.29, 0.717) is 21.9 Å². The summed E-state index contributed by atoms with van der Waals surface area (Å²) in [5, 5.41) is 1.74. The first kappa shape index (κ1) is 18.5. The summed E-state index contributed by atoms with van der Waals surface area (Å²) in [6.07, 6.45) is 1.86. The van der Waals surface area contributed by atoms with Crippen LogP contribution in [0, 0.1) is 0 Å². The molecule has 4 heterocycles. The van der Waals surface area contributed by atoms with E-state index in [4.69, 9.17) is 4.74 Å². The normalized spacial score (nSPS) is 20.4. The van der Waals surface area contributed by atoms with Crippen molar-refractivity contribution in [1.82, 2.24) is 14.3 Å². The van der Waals surface area contributed by atoms with Gasteiger partial charge < -0.3 is 9.64 Å². The Bertz CT molecular complexity index is 1280. The number of carbonyl (C=O) groups is 3. The molecule has 1 saturated heterocycles. The summed E-state index contributed by atoms with van der Waals surface area (Å²) in [6, 6.07) is 8.00. The van der Waals surface area contributed by atoms with Gasteiger partial charge in [-0.3, -0.25) is 23.7 Å². The Morgan fingerprint density at radius 2 is 2.07 bits per heavy atom. The van der Waals surface area contributed by atoms with Crippen LogP contribution < -0.4 is 10.5 Å². The molecule has 2 aromatic heterocycles. The van der Waals surface area contributed by atoms with Crippen molar-refractivity contribution in [3.05, 3.63) is 63.5 Å². The number of amides is 2. The number of nitrogens with zero attached hydrogens (tertiary/aromatic N) is 4. The molecule has 9 nitrogen and oxygen atoms in total. The van der Waals surface area contributed by atoms with Gasteiger partial charge in [-0.2, -0.15) is 0 Å². The van der Waals surface area contributed by atoms with E-state index in [9.17, 15) is 19.2 Å². The van der Waals surface area contributed by atoms with Crippen LogP contribution in [0.5, 0.6) is 0 Å². The molecule has 0 spiro atoms. The number of carbonyl (C=O) groups excluding carboxylic acids is 3. The van der Waals surface area contributed by atoms with Crippen molar-refractivity contribution in [3.8, 4) is 0 Å². The van der Waals surface area contributed by atoms with E-state index in [1.165, 1.54) is 38.7 Å². The van der Waals surface area contributed by atoms with Crippen LogP contribution in [0.25, 0.3) is 4.96 Å². The van der Waals surface area contributed by atoms with Crippen LogP contribution in [-0.2, 0) is 20.9 Å². The van der Waals surface area contributed by atoms with Gasteiger partial charge >= 0.3 is 5.97 Å². The van der Waals surface area contributed by atoms with Crippen LogP contribution in [-0.4, -0.2) is 44.8 Å². The highest BCUT2D eigenvalue weighted by Gasteiger charge is 2.60. The monoisotopic (exact) mass is 424 g/mol. The van der Waals surface area contributed by atoms with Crippen LogP contribution in [0.15, 0.2) is 46.7 Å². The summed E-state index contributed by atoms with van der Waals surface area (Å²) in [7, 11) is 1.49. The molecule has 0 bridgehead atoms. The maximum absolute atomic E-state index is 13.3. The molecule has 152 valence electrons. The fourth-order valence-electron chi connectivity index (χ4n) is 4.11. The summed E-state index contributed by atoms with van der Waals surface area (Å²) < 4.78 is 6.90. The van der Waals surface area contributed by atoms with Crippen molar-refractivity contribution in [1.29, 1.82) is 0 Å². The average Bonchev–Trinajstić information content (AvgIpc) is 3.36. The number of hydrogen-bond donors (Lipinski definition) is 0. The third-order valence-corrected chi connectivity index (χ3v) is 6.33. The van der Waals surface area contributed by atoms with Crippen LogP contribution >= 0.6 is 11.3 Å². The highest BCUT2D eigenvalue weighted by molar-refractivity contribution is 7.15. The number of fused-ring (bicyclic) bond motifs is 4. The first-order valence-electron chi connectivity index (χ1n) is 9.27. The molecule has 3 aromatic rings. The molecule has 1 aromatic carbocycles. The lowest BCUT2D eigenvalue weighted by atomic mass is 9.97. The standard InChI is InChI=1S/C20H16N4O5S/c1-22-17(27)13-4-2-3-5-14(13)24-15(25)6-7-20(22,24)18(28)29-11-12-10-16(26)23-8-9-30-19(23)21-12/h2-5,8-10H,6-7,11H2,1H3/t20-/m0/s1. The number of anilines is 1. The van der Waals surface area contributed by atoms with Crippen molar-refractivity contribution < 1.29 is 19.1 Å². The maximum Gasteiger partial charge on any atom is 0.354 e. The minimum Gasteiger partial charge on any atom is -0.456 e. The first-order chi connectivity index (χ1) is 14.4. The zero-order valence-corrected chi connectivity index (χ0v) is 16.7. The Labute approximate surface area is 174 Å². The van der Waals surface area contributed by atoms with Crippen molar-refractivity contribution in [2.45, 2.75) is 25.1 Å². The second-order valence-corrected chi connectivity index (χ2v) is 8.02. The van der Waals surface area contributed by atoms with Gasteiger partial charge in [-0.05, 0) is 12.1 Å². The van der Waals surface area contributed by atoms with Gasteiger partial charge in [-0.15, -0.1) is 11.3 Å². The molecular weight excluding hydrogens is 408 g/mol. The number of hydrogen-bond acceptors (Lipinski definition) is 7. The Balaban J connectivity index is 1.50. The minimum atomic E-state index is -1.55.